The van der Waals surface area contributed by atoms with Gasteiger partial charge in [-0.15, -0.1) is 0 Å². The summed E-state index contributed by atoms with van der Waals surface area (Å²) in [5.41, 5.74) is 0.386. The number of fused-ring (bicyclic) bond motifs is 2. The van der Waals surface area contributed by atoms with Crippen LogP contribution in [0.25, 0.3) is 0 Å². The van der Waals surface area contributed by atoms with Gasteiger partial charge in [0.2, 0.25) is 0 Å². The van der Waals surface area contributed by atoms with Crippen LogP contribution in [0.15, 0.2) is 24.3 Å². The number of ether oxygens (including phenoxy) is 3. The van der Waals surface area contributed by atoms with Gasteiger partial charge in [-0.25, -0.2) is 19.2 Å². The van der Waals surface area contributed by atoms with Crippen LogP contribution >= 0.6 is 0 Å². The summed E-state index contributed by atoms with van der Waals surface area (Å²) in [6, 6.07) is 0. The lowest BCUT2D eigenvalue weighted by molar-refractivity contribution is -0.165. The van der Waals surface area contributed by atoms with E-state index in [2.05, 4.69) is 17.9 Å². The van der Waals surface area contributed by atoms with Crippen molar-refractivity contribution >= 4 is 44.1 Å². The second-order valence-corrected chi connectivity index (χ2v) is 15.1. The lowest BCUT2D eigenvalue weighted by atomic mass is 9.94. The van der Waals surface area contributed by atoms with Crippen LogP contribution in [0, 0.1) is 23.7 Å². The third-order valence-corrected chi connectivity index (χ3v) is 12.0. The zero-order valence-electron chi connectivity index (χ0n) is 23.4. The predicted octanol–water partition coefficient (Wildman–Crippen LogP) is -0.171. The van der Waals surface area contributed by atoms with Crippen LogP contribution in [0.4, 0.5) is 0 Å². The van der Waals surface area contributed by atoms with E-state index in [0.717, 1.165) is 6.42 Å². The maximum absolute atomic E-state index is 11.8. The maximum atomic E-state index is 11.8. The Morgan fingerprint density at radius 1 is 0.767 bits per heavy atom. The monoisotopic (exact) mass is 650 g/mol. The van der Waals surface area contributed by atoms with Gasteiger partial charge in [0.05, 0.1) is 16.6 Å². The van der Waals surface area contributed by atoms with Gasteiger partial charge in [0, 0.05) is 28.9 Å². The van der Waals surface area contributed by atoms with E-state index in [4.69, 9.17) is 22.9 Å². The van der Waals surface area contributed by atoms with Crippen LogP contribution in [0.1, 0.15) is 39.5 Å². The van der Waals surface area contributed by atoms with Crippen LogP contribution in [0.2, 0.25) is 0 Å². The van der Waals surface area contributed by atoms with Gasteiger partial charge < -0.3 is 24.4 Å². The molecule has 0 aromatic carbocycles. The molecule has 2 heterocycles. The first kappa shape index (κ1) is 33.0. The number of aliphatic hydroxyl groups is 1. The van der Waals surface area contributed by atoms with E-state index in [1.54, 1.807) is 0 Å². The molecule has 0 spiro atoms. The Hall–Kier alpha value is -2.86. The zero-order valence-corrected chi connectivity index (χ0v) is 25.1. The van der Waals surface area contributed by atoms with Crippen molar-refractivity contribution in [2.75, 3.05) is 13.2 Å². The normalized spacial score (nSPS) is 37.3. The van der Waals surface area contributed by atoms with Crippen LogP contribution in [-0.2, 0) is 62.0 Å². The molecule has 43 heavy (non-hydrogen) atoms. The number of carbonyl (C=O) groups excluding carboxylic acids is 3. The third-order valence-electron chi connectivity index (χ3n) is 8.47. The van der Waals surface area contributed by atoms with Crippen molar-refractivity contribution in [3.63, 3.8) is 0 Å². The van der Waals surface area contributed by atoms with E-state index < -0.39 is 87.0 Å². The number of rotatable bonds is 7. The molecule has 4 saturated carbocycles. The molecular weight excluding hydrogens is 616 g/mol. The lowest BCUT2D eigenvalue weighted by Crippen LogP contribution is -2.38. The molecule has 4 bridgehead atoms. The van der Waals surface area contributed by atoms with E-state index >= 15 is 0 Å². The van der Waals surface area contributed by atoms with Gasteiger partial charge in [0.15, 0.2) is 13.2 Å². The number of carboxylic acid groups (broad SMARTS) is 1. The molecule has 15 nitrogen and oxygen atoms in total. The highest BCUT2D eigenvalue weighted by molar-refractivity contribution is 7.87. The molecular formula is C26H34O15S2. The second-order valence-electron chi connectivity index (χ2n) is 11.5. The molecule has 4 aliphatic carbocycles. The molecule has 10 atom stereocenters. The Bertz CT molecular complexity index is 1420. The highest BCUT2D eigenvalue weighted by Crippen LogP contribution is 2.56. The average Bonchev–Trinajstić information content (AvgIpc) is 3.72. The molecule has 0 radical (unpaired) electrons. The van der Waals surface area contributed by atoms with Crippen molar-refractivity contribution in [2.45, 2.75) is 74.4 Å². The van der Waals surface area contributed by atoms with Crippen LogP contribution < -0.4 is 0 Å². The number of hydrogen-bond acceptors (Lipinski definition) is 14. The first-order valence-electron chi connectivity index (χ1n) is 13.5. The van der Waals surface area contributed by atoms with Crippen molar-refractivity contribution in [1.82, 2.24) is 0 Å². The van der Waals surface area contributed by atoms with E-state index in [-0.39, 0.29) is 40.1 Å². The van der Waals surface area contributed by atoms with Gasteiger partial charge in [0.25, 0.3) is 20.2 Å². The van der Waals surface area contributed by atoms with Crippen molar-refractivity contribution in [1.29, 1.82) is 0 Å². The predicted molar refractivity (Wildman–Crippen MR) is 143 cm³/mol. The van der Waals surface area contributed by atoms with Crippen molar-refractivity contribution in [3.05, 3.63) is 24.3 Å². The minimum atomic E-state index is -3.53. The minimum Gasteiger partial charge on any atom is -0.479 e. The van der Waals surface area contributed by atoms with Gasteiger partial charge in [-0.1, -0.05) is 13.2 Å². The average molecular weight is 651 g/mol. The van der Waals surface area contributed by atoms with Gasteiger partial charge in [0.1, 0.15) is 18.3 Å². The molecule has 2 N–H and O–H groups in total. The molecule has 2 saturated heterocycles. The minimum absolute atomic E-state index is 0.00284. The SMILES string of the molecule is C=C(C)C(=O)OCC(=O)O.C=C(C)C(=O)OCC(=O)OC1C2CC3C1OS(=O)(=O)C3C2.O=S1(=O)OC2C(O)C3CC2C1C3. The van der Waals surface area contributed by atoms with Crippen molar-refractivity contribution in [3.8, 4) is 0 Å². The molecule has 240 valence electrons. The standard InChI is InChI=1S/C13H16O7S.C7H10O4S.C6H8O4/c1-6(2)13(15)18-5-10(14)19-11-7-3-8-9(4-7)21(16,17)20-12(8)11;8-6-3-1-4-5(2-3)12(9,10)11-7(4)6;1-4(2)6(9)10-3-5(7)8/h7-9,11-12H,1,3-5H2,2H3;3-8H,1-2H2;1,3H2,2H3,(H,7,8). The Morgan fingerprint density at radius 2 is 1.23 bits per heavy atom. The number of aliphatic carboxylic acids is 1. The van der Waals surface area contributed by atoms with E-state index in [0.29, 0.717) is 19.3 Å². The van der Waals surface area contributed by atoms with E-state index in [1.165, 1.54) is 13.8 Å². The van der Waals surface area contributed by atoms with Gasteiger partial charge in [-0.05, 0) is 45.4 Å². The maximum Gasteiger partial charge on any atom is 0.344 e. The van der Waals surface area contributed by atoms with Crippen LogP contribution in [-0.4, -0.2) is 99.1 Å². The number of carboxylic acids is 1. The fraction of sp³-hybridized carbons (Fsp3) is 0.692. The van der Waals surface area contributed by atoms with E-state index in [9.17, 15) is 41.1 Å². The molecule has 2 aliphatic heterocycles. The molecule has 6 fully saturated rings. The van der Waals surface area contributed by atoms with Gasteiger partial charge in [-0.3, -0.25) is 8.37 Å². The first-order chi connectivity index (χ1) is 19.9. The highest BCUT2D eigenvalue weighted by Gasteiger charge is 2.65. The summed E-state index contributed by atoms with van der Waals surface area (Å²) in [6.07, 6.45) is 0.479. The molecule has 6 rings (SSSR count). The number of hydrogen-bond donors (Lipinski definition) is 2. The quantitative estimate of drug-likeness (QED) is 0.158. The summed E-state index contributed by atoms with van der Waals surface area (Å²) in [5.74, 6) is -3.06. The fourth-order valence-electron chi connectivity index (χ4n) is 6.63. The van der Waals surface area contributed by atoms with Gasteiger partial charge >= 0.3 is 23.9 Å². The van der Waals surface area contributed by atoms with Crippen molar-refractivity contribution in [2.24, 2.45) is 23.7 Å². The van der Waals surface area contributed by atoms with Crippen LogP contribution in [0.3, 0.4) is 0 Å². The molecule has 0 amide bonds. The molecule has 0 aromatic rings. The van der Waals surface area contributed by atoms with Crippen LogP contribution in [0.5, 0.6) is 0 Å². The zero-order chi connectivity index (χ0) is 32.0. The Kier molecular flexibility index (Phi) is 9.42. The largest absolute Gasteiger partial charge is 0.479 e. The summed E-state index contributed by atoms with van der Waals surface area (Å²) in [7, 11) is -6.85. The first-order valence-corrected chi connectivity index (χ1v) is 16.5. The van der Waals surface area contributed by atoms with E-state index in [1.807, 2.05) is 0 Å². The molecule has 0 aromatic heterocycles. The number of aliphatic hydroxyl groups excluding tert-OH is 1. The molecule has 6 aliphatic rings. The lowest BCUT2D eigenvalue weighted by Gasteiger charge is -2.24. The van der Waals surface area contributed by atoms with Gasteiger partial charge in [-0.2, -0.15) is 16.8 Å². The molecule has 10 unspecified atom stereocenters. The Morgan fingerprint density at radius 3 is 1.72 bits per heavy atom. The summed E-state index contributed by atoms with van der Waals surface area (Å²) in [4.78, 5) is 43.2. The highest BCUT2D eigenvalue weighted by atomic mass is 32.2. The summed E-state index contributed by atoms with van der Waals surface area (Å²) in [5, 5.41) is 16.8. The number of esters is 3. The second kappa shape index (κ2) is 12.3. The summed E-state index contributed by atoms with van der Waals surface area (Å²) < 4.78 is 70.2. The summed E-state index contributed by atoms with van der Waals surface area (Å²) >= 11 is 0. The topological polar surface area (TPSA) is 223 Å². The Balaban J connectivity index is 0.000000163. The fourth-order valence-corrected chi connectivity index (χ4v) is 10.4. The summed E-state index contributed by atoms with van der Waals surface area (Å²) in [6.45, 7) is 8.47. The molecule has 17 heteroatoms. The van der Waals surface area contributed by atoms with Crippen molar-refractivity contribution < 1.29 is 68.8 Å². The third kappa shape index (κ3) is 6.79. The number of carbonyl (C=O) groups is 4. The Labute approximate surface area is 248 Å². The smallest absolute Gasteiger partial charge is 0.344 e.